The quantitative estimate of drug-likeness (QED) is 0.787. The molecule has 2 atom stereocenters. The Morgan fingerprint density at radius 2 is 2.05 bits per heavy atom. The molecule has 5 nitrogen and oxygen atoms in total. The van der Waals surface area contributed by atoms with Gasteiger partial charge in [0.2, 0.25) is 5.13 Å². The van der Waals surface area contributed by atoms with Crippen molar-refractivity contribution < 1.29 is 10.2 Å². The van der Waals surface area contributed by atoms with Gasteiger partial charge < -0.3 is 15.5 Å². The Hall–Kier alpha value is -1.21. The van der Waals surface area contributed by atoms with Crippen LogP contribution in [0.5, 0.6) is 0 Å². The van der Waals surface area contributed by atoms with Crippen LogP contribution >= 0.6 is 23.1 Å². The summed E-state index contributed by atoms with van der Waals surface area (Å²) in [6, 6.07) is 6.30. The van der Waals surface area contributed by atoms with Gasteiger partial charge in [0, 0.05) is 16.6 Å². The summed E-state index contributed by atoms with van der Waals surface area (Å²) in [5, 5.41) is 23.8. The lowest BCUT2D eigenvalue weighted by atomic mass is 10.0. The van der Waals surface area contributed by atoms with Gasteiger partial charge in [-0.05, 0) is 24.6 Å². The fourth-order valence-corrected chi connectivity index (χ4v) is 2.39. The number of anilines is 1. The molecule has 0 aliphatic heterocycles. The molecular formula is C12H14ClN3O2S. The van der Waals surface area contributed by atoms with E-state index in [9.17, 15) is 10.2 Å². The average Bonchev–Trinajstić information content (AvgIpc) is 2.81. The zero-order valence-electron chi connectivity index (χ0n) is 10.2. The largest absolute Gasteiger partial charge is 0.394 e. The van der Waals surface area contributed by atoms with Gasteiger partial charge in [-0.15, -0.1) is 0 Å². The molecule has 1 aromatic carbocycles. The first kappa shape index (κ1) is 14.2. The van der Waals surface area contributed by atoms with Crippen molar-refractivity contribution in [3.05, 3.63) is 40.7 Å². The van der Waals surface area contributed by atoms with Gasteiger partial charge in [-0.25, -0.2) is 4.98 Å². The van der Waals surface area contributed by atoms with Crippen molar-refractivity contribution in [1.29, 1.82) is 0 Å². The summed E-state index contributed by atoms with van der Waals surface area (Å²) in [4.78, 5) is 4.14. The maximum absolute atomic E-state index is 10.2. The van der Waals surface area contributed by atoms with E-state index in [4.69, 9.17) is 11.6 Å². The third-order valence-corrected chi connectivity index (χ3v) is 3.62. The fourth-order valence-electron chi connectivity index (χ4n) is 1.63. The van der Waals surface area contributed by atoms with E-state index >= 15 is 0 Å². The van der Waals surface area contributed by atoms with E-state index in [1.165, 1.54) is 11.5 Å². The first-order valence-electron chi connectivity index (χ1n) is 5.71. The van der Waals surface area contributed by atoms with Crippen molar-refractivity contribution in [1.82, 2.24) is 9.36 Å². The van der Waals surface area contributed by atoms with Crippen LogP contribution in [0, 0.1) is 6.92 Å². The summed E-state index contributed by atoms with van der Waals surface area (Å²) in [6.07, 6.45) is -0.855. The standard InChI is InChI=1S/C12H14ClN3O2S/c1-7-14-12(19-16-7)15-10(6-17)11(18)8-2-4-9(13)5-3-8/h2-5,10-11,17-18H,6H2,1H3,(H,14,15,16)/t10-,11-/m0/s1. The van der Waals surface area contributed by atoms with Crippen molar-refractivity contribution in [3.63, 3.8) is 0 Å². The van der Waals surface area contributed by atoms with Crippen LogP contribution in [0.3, 0.4) is 0 Å². The second kappa shape index (κ2) is 6.29. The third-order valence-electron chi connectivity index (χ3n) is 2.63. The Morgan fingerprint density at radius 1 is 1.37 bits per heavy atom. The number of hydrogen-bond donors (Lipinski definition) is 3. The summed E-state index contributed by atoms with van der Waals surface area (Å²) in [5.74, 6) is 0.658. The van der Waals surface area contributed by atoms with Crippen LogP contribution < -0.4 is 5.32 Å². The molecule has 2 aromatic rings. The summed E-state index contributed by atoms with van der Waals surface area (Å²) in [5.41, 5.74) is 0.678. The molecule has 7 heteroatoms. The molecule has 3 N–H and O–H groups in total. The number of aliphatic hydroxyl groups excluding tert-OH is 2. The van der Waals surface area contributed by atoms with Gasteiger partial charge in [0.25, 0.3) is 0 Å². The minimum absolute atomic E-state index is 0.220. The third kappa shape index (κ3) is 3.63. The number of hydrogen-bond acceptors (Lipinski definition) is 6. The Kier molecular flexibility index (Phi) is 4.71. The van der Waals surface area contributed by atoms with Crippen LogP contribution in [0.1, 0.15) is 17.5 Å². The maximum atomic E-state index is 10.2. The Labute approximate surface area is 120 Å². The lowest BCUT2D eigenvalue weighted by Crippen LogP contribution is -2.31. The number of nitrogens with zero attached hydrogens (tertiary/aromatic N) is 2. The van der Waals surface area contributed by atoms with E-state index in [-0.39, 0.29) is 6.61 Å². The molecule has 0 aliphatic carbocycles. The van der Waals surface area contributed by atoms with Crippen molar-refractivity contribution >= 4 is 28.3 Å². The van der Waals surface area contributed by atoms with E-state index in [2.05, 4.69) is 14.7 Å². The first-order chi connectivity index (χ1) is 9.10. The SMILES string of the molecule is Cc1nsc(N[C@@H](CO)[C@@H](O)c2ccc(Cl)cc2)n1. The molecule has 0 radical (unpaired) electrons. The molecule has 0 bridgehead atoms. The monoisotopic (exact) mass is 299 g/mol. The molecule has 0 spiro atoms. The van der Waals surface area contributed by atoms with Crippen molar-refractivity contribution in [3.8, 4) is 0 Å². The highest BCUT2D eigenvalue weighted by Crippen LogP contribution is 2.22. The van der Waals surface area contributed by atoms with Gasteiger partial charge in [0.1, 0.15) is 11.9 Å². The molecule has 102 valence electrons. The predicted molar refractivity (Wildman–Crippen MR) is 75.6 cm³/mol. The molecule has 0 saturated heterocycles. The minimum atomic E-state index is -0.855. The molecule has 1 heterocycles. The van der Waals surface area contributed by atoms with Gasteiger partial charge in [0.15, 0.2) is 0 Å². The van der Waals surface area contributed by atoms with Crippen LogP contribution in [0.2, 0.25) is 5.02 Å². The predicted octanol–water partition coefficient (Wildman–Crippen LogP) is 2.01. The molecule has 0 fully saturated rings. The first-order valence-corrected chi connectivity index (χ1v) is 6.86. The zero-order valence-corrected chi connectivity index (χ0v) is 11.8. The molecule has 0 unspecified atom stereocenters. The van der Waals surface area contributed by atoms with Gasteiger partial charge in [-0.3, -0.25) is 0 Å². The topological polar surface area (TPSA) is 78.3 Å². The summed E-state index contributed by atoms with van der Waals surface area (Å²) in [7, 11) is 0. The van der Waals surface area contributed by atoms with Crippen LogP contribution in [0.25, 0.3) is 0 Å². The van der Waals surface area contributed by atoms with Crippen molar-refractivity contribution in [2.45, 2.75) is 19.1 Å². The highest BCUT2D eigenvalue weighted by Gasteiger charge is 2.21. The smallest absolute Gasteiger partial charge is 0.202 e. The molecule has 2 rings (SSSR count). The fraction of sp³-hybridized carbons (Fsp3) is 0.333. The van der Waals surface area contributed by atoms with Crippen LogP contribution in [-0.2, 0) is 0 Å². The van der Waals surface area contributed by atoms with Crippen LogP contribution in [0.4, 0.5) is 5.13 Å². The highest BCUT2D eigenvalue weighted by atomic mass is 35.5. The molecule has 0 saturated carbocycles. The van der Waals surface area contributed by atoms with E-state index in [1.54, 1.807) is 31.2 Å². The summed E-state index contributed by atoms with van der Waals surface area (Å²) in [6.45, 7) is 1.56. The Morgan fingerprint density at radius 3 is 2.58 bits per heavy atom. The van der Waals surface area contributed by atoms with Gasteiger partial charge >= 0.3 is 0 Å². The minimum Gasteiger partial charge on any atom is -0.394 e. The van der Waals surface area contributed by atoms with E-state index in [0.717, 1.165) is 0 Å². The normalized spacial score (nSPS) is 14.1. The number of halogens is 1. The molecule has 0 amide bonds. The number of aliphatic hydroxyl groups is 2. The average molecular weight is 300 g/mol. The van der Waals surface area contributed by atoms with Crippen molar-refractivity contribution in [2.75, 3.05) is 11.9 Å². The number of benzene rings is 1. The molecule has 19 heavy (non-hydrogen) atoms. The second-order valence-electron chi connectivity index (χ2n) is 4.08. The lowest BCUT2D eigenvalue weighted by molar-refractivity contribution is 0.118. The summed E-state index contributed by atoms with van der Waals surface area (Å²) < 4.78 is 4.03. The molecular weight excluding hydrogens is 286 g/mol. The van der Waals surface area contributed by atoms with E-state index < -0.39 is 12.1 Å². The lowest BCUT2D eigenvalue weighted by Gasteiger charge is -2.22. The number of nitrogens with one attached hydrogen (secondary N) is 1. The van der Waals surface area contributed by atoms with Gasteiger partial charge in [-0.1, -0.05) is 23.7 Å². The van der Waals surface area contributed by atoms with Gasteiger partial charge in [-0.2, -0.15) is 4.37 Å². The molecule has 0 aliphatic rings. The van der Waals surface area contributed by atoms with Crippen molar-refractivity contribution in [2.24, 2.45) is 0 Å². The second-order valence-corrected chi connectivity index (χ2v) is 5.26. The van der Waals surface area contributed by atoms with Crippen LogP contribution in [0.15, 0.2) is 24.3 Å². The van der Waals surface area contributed by atoms with Crippen LogP contribution in [-0.4, -0.2) is 32.2 Å². The number of rotatable bonds is 5. The van der Waals surface area contributed by atoms with Gasteiger partial charge in [0.05, 0.1) is 12.6 Å². The number of aromatic nitrogens is 2. The van der Waals surface area contributed by atoms with E-state index in [0.29, 0.717) is 21.5 Å². The Bertz CT molecular complexity index is 532. The zero-order chi connectivity index (χ0) is 13.8. The maximum Gasteiger partial charge on any atom is 0.202 e. The number of aryl methyl sites for hydroxylation is 1. The molecule has 1 aromatic heterocycles. The summed E-state index contributed by atoms with van der Waals surface area (Å²) >= 11 is 6.99. The Balaban J connectivity index is 2.10. The highest BCUT2D eigenvalue weighted by molar-refractivity contribution is 7.09. The van der Waals surface area contributed by atoms with E-state index in [1.807, 2.05) is 0 Å².